The number of benzene rings is 1. The summed E-state index contributed by atoms with van der Waals surface area (Å²) >= 11 is 0. The lowest BCUT2D eigenvalue weighted by molar-refractivity contribution is 0.0913. The molecule has 2 aromatic heterocycles. The molecule has 1 aromatic carbocycles. The third-order valence-corrected chi connectivity index (χ3v) is 5.12. The highest BCUT2D eigenvalue weighted by Crippen LogP contribution is 2.29. The third-order valence-electron chi connectivity index (χ3n) is 5.12. The quantitative estimate of drug-likeness (QED) is 0.695. The maximum absolute atomic E-state index is 12.7. The zero-order valence-electron chi connectivity index (χ0n) is 16.9. The summed E-state index contributed by atoms with van der Waals surface area (Å²) in [7, 11) is 1.92. The minimum absolute atomic E-state index is 0.136. The number of rotatable bonds is 5. The number of anilines is 1. The Balaban J connectivity index is 1.50. The van der Waals surface area contributed by atoms with Gasteiger partial charge in [-0.05, 0) is 24.5 Å². The first-order valence-electron chi connectivity index (χ1n) is 9.84. The fourth-order valence-corrected chi connectivity index (χ4v) is 3.75. The summed E-state index contributed by atoms with van der Waals surface area (Å²) in [6.45, 7) is 4.76. The van der Waals surface area contributed by atoms with Crippen molar-refractivity contribution in [2.45, 2.75) is 38.3 Å². The van der Waals surface area contributed by atoms with Crippen molar-refractivity contribution in [1.82, 2.24) is 24.6 Å². The van der Waals surface area contributed by atoms with Crippen molar-refractivity contribution in [1.29, 1.82) is 0 Å². The molecule has 1 aliphatic rings. The topological polar surface area (TPSA) is 86.0 Å². The largest absolute Gasteiger partial charge is 0.368 e. The molecule has 0 bridgehead atoms. The summed E-state index contributed by atoms with van der Waals surface area (Å²) in [5.74, 6) is 0.996. The molecular formula is C21H26N6O2. The van der Waals surface area contributed by atoms with Crippen LogP contribution in [0.5, 0.6) is 0 Å². The summed E-state index contributed by atoms with van der Waals surface area (Å²) < 4.78 is 9.61. The Bertz CT molecular complexity index is 978. The number of urea groups is 1. The van der Waals surface area contributed by atoms with Crippen LogP contribution in [0.4, 0.5) is 10.5 Å². The zero-order chi connectivity index (χ0) is 20.4. The standard InChI is InChI=1S/C21H26N6O2/c1-14(2)18-17(13-23-27(18)15-7-5-4-6-8-15)25-21(28)24-16-9-12-29-19(16)20-22-10-11-26(20)3/h4-8,10-11,13-14,16,19H,9,12H2,1-3H3,(H2,24,25,28)/t16-,19-/m1/s1. The highest BCUT2D eigenvalue weighted by atomic mass is 16.5. The van der Waals surface area contributed by atoms with Crippen LogP contribution in [0.2, 0.25) is 0 Å². The van der Waals surface area contributed by atoms with Crippen LogP contribution in [0.3, 0.4) is 0 Å². The predicted molar refractivity (Wildman–Crippen MR) is 110 cm³/mol. The molecule has 152 valence electrons. The van der Waals surface area contributed by atoms with E-state index in [1.54, 1.807) is 12.4 Å². The number of nitrogens with zero attached hydrogens (tertiary/aromatic N) is 4. The number of para-hydroxylation sites is 1. The smallest absolute Gasteiger partial charge is 0.319 e. The van der Waals surface area contributed by atoms with Gasteiger partial charge in [0.2, 0.25) is 0 Å². The van der Waals surface area contributed by atoms with Gasteiger partial charge in [-0.2, -0.15) is 5.10 Å². The fraction of sp³-hybridized carbons (Fsp3) is 0.381. The molecule has 8 nitrogen and oxygen atoms in total. The molecule has 0 radical (unpaired) electrons. The van der Waals surface area contributed by atoms with Crippen molar-refractivity contribution >= 4 is 11.7 Å². The van der Waals surface area contributed by atoms with Crippen LogP contribution >= 0.6 is 0 Å². The monoisotopic (exact) mass is 394 g/mol. The maximum atomic E-state index is 12.7. The van der Waals surface area contributed by atoms with E-state index in [0.29, 0.717) is 12.3 Å². The van der Waals surface area contributed by atoms with Gasteiger partial charge in [-0.15, -0.1) is 0 Å². The van der Waals surface area contributed by atoms with Crippen molar-refractivity contribution in [3.05, 3.63) is 60.4 Å². The molecule has 29 heavy (non-hydrogen) atoms. The number of carbonyl (C=O) groups excluding carboxylic acids is 1. The number of ether oxygens (including phenoxy) is 1. The molecule has 8 heteroatoms. The number of aryl methyl sites for hydroxylation is 1. The second kappa shape index (κ2) is 8.08. The van der Waals surface area contributed by atoms with Crippen molar-refractivity contribution in [2.75, 3.05) is 11.9 Å². The second-order valence-corrected chi connectivity index (χ2v) is 7.53. The van der Waals surface area contributed by atoms with Gasteiger partial charge in [-0.3, -0.25) is 0 Å². The molecule has 1 aliphatic heterocycles. The molecule has 2 amide bonds. The summed E-state index contributed by atoms with van der Waals surface area (Å²) in [5, 5.41) is 10.5. The van der Waals surface area contributed by atoms with Gasteiger partial charge in [0.15, 0.2) is 0 Å². The number of carbonyl (C=O) groups is 1. The van der Waals surface area contributed by atoms with Crippen LogP contribution in [-0.2, 0) is 11.8 Å². The first-order chi connectivity index (χ1) is 14.0. The van der Waals surface area contributed by atoms with Gasteiger partial charge in [-0.25, -0.2) is 14.5 Å². The second-order valence-electron chi connectivity index (χ2n) is 7.53. The highest BCUT2D eigenvalue weighted by Gasteiger charge is 2.33. The summed E-state index contributed by atoms with van der Waals surface area (Å²) in [4.78, 5) is 17.1. The van der Waals surface area contributed by atoms with E-state index in [1.165, 1.54) is 0 Å². The molecule has 4 rings (SSSR count). The molecule has 2 N–H and O–H groups in total. The van der Waals surface area contributed by atoms with E-state index in [1.807, 2.05) is 52.8 Å². The van der Waals surface area contributed by atoms with E-state index >= 15 is 0 Å². The molecule has 0 unspecified atom stereocenters. The van der Waals surface area contributed by atoms with Crippen LogP contribution < -0.4 is 10.6 Å². The Labute approximate surface area is 169 Å². The number of amides is 2. The Morgan fingerprint density at radius 3 is 2.76 bits per heavy atom. The van der Waals surface area contributed by atoms with Gasteiger partial charge in [-0.1, -0.05) is 32.0 Å². The molecule has 1 fully saturated rings. The van der Waals surface area contributed by atoms with Crippen molar-refractivity contribution in [3.63, 3.8) is 0 Å². The Morgan fingerprint density at radius 2 is 2.07 bits per heavy atom. The average Bonchev–Trinajstić information content (AvgIpc) is 3.42. The maximum Gasteiger partial charge on any atom is 0.319 e. The molecule has 0 spiro atoms. The van der Waals surface area contributed by atoms with Gasteiger partial charge >= 0.3 is 6.03 Å². The molecular weight excluding hydrogens is 368 g/mol. The summed E-state index contributed by atoms with van der Waals surface area (Å²) in [6, 6.07) is 9.50. The van der Waals surface area contributed by atoms with Gasteiger partial charge in [0.05, 0.1) is 29.3 Å². The molecule has 0 aliphatic carbocycles. The summed E-state index contributed by atoms with van der Waals surface area (Å²) in [6.07, 6.45) is 5.80. The highest BCUT2D eigenvalue weighted by molar-refractivity contribution is 5.90. The number of hydrogen-bond acceptors (Lipinski definition) is 4. The van der Waals surface area contributed by atoms with Gasteiger partial charge in [0.1, 0.15) is 11.9 Å². The minimum Gasteiger partial charge on any atom is -0.368 e. The first-order valence-corrected chi connectivity index (χ1v) is 9.84. The van der Waals surface area contributed by atoms with Gasteiger partial charge in [0, 0.05) is 26.0 Å². The number of aromatic nitrogens is 4. The molecule has 1 saturated heterocycles. The molecule has 0 saturated carbocycles. The third kappa shape index (κ3) is 3.88. The normalized spacial score (nSPS) is 18.9. The van der Waals surface area contributed by atoms with E-state index in [9.17, 15) is 4.79 Å². The lowest BCUT2D eigenvalue weighted by Crippen LogP contribution is -2.40. The van der Waals surface area contributed by atoms with E-state index in [0.717, 1.165) is 23.6 Å². The van der Waals surface area contributed by atoms with E-state index < -0.39 is 0 Å². The average molecular weight is 394 g/mol. The number of imidazole rings is 1. The van der Waals surface area contributed by atoms with Crippen LogP contribution in [0.25, 0.3) is 5.69 Å². The summed E-state index contributed by atoms with van der Waals surface area (Å²) in [5.41, 5.74) is 2.62. The van der Waals surface area contributed by atoms with Gasteiger partial charge < -0.3 is 19.9 Å². The molecule has 3 heterocycles. The lowest BCUT2D eigenvalue weighted by atomic mass is 10.1. The Morgan fingerprint density at radius 1 is 1.28 bits per heavy atom. The van der Waals surface area contributed by atoms with E-state index in [4.69, 9.17) is 4.74 Å². The van der Waals surface area contributed by atoms with Crippen molar-refractivity contribution in [2.24, 2.45) is 7.05 Å². The zero-order valence-corrected chi connectivity index (χ0v) is 16.9. The predicted octanol–water partition coefficient (Wildman–Crippen LogP) is 3.38. The number of nitrogens with one attached hydrogen (secondary N) is 2. The van der Waals surface area contributed by atoms with Gasteiger partial charge in [0.25, 0.3) is 0 Å². The lowest BCUT2D eigenvalue weighted by Gasteiger charge is -2.20. The molecule has 2 atom stereocenters. The Kier molecular flexibility index (Phi) is 5.35. The molecule has 3 aromatic rings. The van der Waals surface area contributed by atoms with E-state index in [2.05, 4.69) is 34.6 Å². The first kappa shape index (κ1) is 19.2. The number of hydrogen-bond donors (Lipinski definition) is 2. The van der Waals surface area contributed by atoms with E-state index in [-0.39, 0.29) is 24.1 Å². The van der Waals surface area contributed by atoms with Crippen LogP contribution in [-0.4, -0.2) is 38.0 Å². The van der Waals surface area contributed by atoms with Crippen molar-refractivity contribution < 1.29 is 9.53 Å². The Hall–Kier alpha value is -3.13. The van der Waals surface area contributed by atoms with Crippen LogP contribution in [0, 0.1) is 0 Å². The SMILES string of the molecule is CC(C)c1c(NC(=O)N[C@@H]2CCO[C@H]2c2nccn2C)cnn1-c1ccccc1. The minimum atomic E-state index is -0.269. The van der Waals surface area contributed by atoms with Crippen LogP contribution in [0.1, 0.15) is 43.8 Å². The van der Waals surface area contributed by atoms with Crippen LogP contribution in [0.15, 0.2) is 48.9 Å². The van der Waals surface area contributed by atoms with Crippen molar-refractivity contribution in [3.8, 4) is 5.69 Å². The fourth-order valence-electron chi connectivity index (χ4n) is 3.75.